The number of unbranched alkanes of at least 4 members (excludes halogenated alkanes) is 1. The summed E-state index contributed by atoms with van der Waals surface area (Å²) >= 11 is 0. The summed E-state index contributed by atoms with van der Waals surface area (Å²) in [6.07, 6.45) is 6.57. The molecular weight excluding hydrogens is 246 g/mol. The van der Waals surface area contributed by atoms with Gasteiger partial charge in [0.05, 0.1) is 0 Å². The molecule has 1 aromatic carbocycles. The monoisotopic (exact) mass is 273 g/mol. The second-order valence-electron chi connectivity index (χ2n) is 5.97. The quantitative estimate of drug-likeness (QED) is 0.798. The highest BCUT2D eigenvalue weighted by Gasteiger charge is 2.31. The Bertz CT molecular complexity index is 441. The minimum Gasteiger partial charge on any atom is -0.355 e. The number of nitrogens with one attached hydrogen (secondary N) is 1. The van der Waals surface area contributed by atoms with E-state index in [1.807, 2.05) is 0 Å². The van der Waals surface area contributed by atoms with E-state index in [1.165, 1.54) is 36.8 Å². The SMILES string of the molecule is CCCCC1Cc2ccccc2C1CNC(=O)CCC. The Morgan fingerprint density at radius 3 is 2.80 bits per heavy atom. The Labute approximate surface area is 123 Å². The molecule has 2 unspecified atom stereocenters. The van der Waals surface area contributed by atoms with Gasteiger partial charge in [-0.2, -0.15) is 0 Å². The van der Waals surface area contributed by atoms with Crippen molar-refractivity contribution in [2.24, 2.45) is 5.92 Å². The first-order valence-corrected chi connectivity index (χ1v) is 8.10. The second-order valence-corrected chi connectivity index (χ2v) is 5.97. The van der Waals surface area contributed by atoms with E-state index in [0.29, 0.717) is 18.3 Å². The van der Waals surface area contributed by atoms with E-state index in [1.54, 1.807) is 0 Å². The van der Waals surface area contributed by atoms with E-state index >= 15 is 0 Å². The van der Waals surface area contributed by atoms with Crippen LogP contribution >= 0.6 is 0 Å². The Hall–Kier alpha value is -1.31. The molecule has 1 aliphatic carbocycles. The van der Waals surface area contributed by atoms with E-state index in [9.17, 15) is 4.79 Å². The average Bonchev–Trinajstić information content (AvgIpc) is 2.81. The van der Waals surface area contributed by atoms with Crippen molar-refractivity contribution in [1.82, 2.24) is 5.32 Å². The Morgan fingerprint density at radius 2 is 2.05 bits per heavy atom. The highest BCUT2D eigenvalue weighted by atomic mass is 16.1. The lowest BCUT2D eigenvalue weighted by molar-refractivity contribution is -0.121. The summed E-state index contributed by atoms with van der Waals surface area (Å²) in [5.41, 5.74) is 2.95. The number of rotatable bonds is 7. The molecule has 1 aliphatic rings. The van der Waals surface area contributed by atoms with Crippen LogP contribution in [0.5, 0.6) is 0 Å². The van der Waals surface area contributed by atoms with Crippen LogP contribution in [-0.2, 0) is 11.2 Å². The van der Waals surface area contributed by atoms with Gasteiger partial charge in [-0.25, -0.2) is 0 Å². The molecule has 0 spiro atoms. The van der Waals surface area contributed by atoms with Crippen LogP contribution in [0.4, 0.5) is 0 Å². The third kappa shape index (κ3) is 3.62. The summed E-state index contributed by atoms with van der Waals surface area (Å²) in [4.78, 5) is 11.7. The molecule has 2 rings (SSSR count). The summed E-state index contributed by atoms with van der Waals surface area (Å²) < 4.78 is 0. The lowest BCUT2D eigenvalue weighted by atomic mass is 9.88. The summed E-state index contributed by atoms with van der Waals surface area (Å²) in [7, 11) is 0. The zero-order chi connectivity index (χ0) is 14.4. The summed E-state index contributed by atoms with van der Waals surface area (Å²) in [6.45, 7) is 5.11. The molecule has 0 aliphatic heterocycles. The molecule has 110 valence electrons. The predicted molar refractivity (Wildman–Crippen MR) is 83.8 cm³/mol. The van der Waals surface area contributed by atoms with Crippen molar-refractivity contribution >= 4 is 5.91 Å². The van der Waals surface area contributed by atoms with Crippen molar-refractivity contribution in [3.05, 3.63) is 35.4 Å². The molecule has 0 bridgehead atoms. The number of carbonyl (C=O) groups is 1. The fourth-order valence-corrected chi connectivity index (χ4v) is 3.35. The molecule has 0 saturated heterocycles. The van der Waals surface area contributed by atoms with Gasteiger partial charge in [-0.3, -0.25) is 4.79 Å². The fourth-order valence-electron chi connectivity index (χ4n) is 3.35. The van der Waals surface area contributed by atoms with Gasteiger partial charge in [0.2, 0.25) is 5.91 Å². The van der Waals surface area contributed by atoms with Gasteiger partial charge >= 0.3 is 0 Å². The Kier molecular flexibility index (Phi) is 5.63. The minimum atomic E-state index is 0.200. The fraction of sp³-hybridized carbons (Fsp3) is 0.611. The first kappa shape index (κ1) is 15.1. The van der Waals surface area contributed by atoms with Gasteiger partial charge in [0, 0.05) is 18.9 Å². The van der Waals surface area contributed by atoms with Crippen molar-refractivity contribution in [2.75, 3.05) is 6.54 Å². The summed E-state index contributed by atoms with van der Waals surface area (Å²) in [5, 5.41) is 3.13. The highest BCUT2D eigenvalue weighted by Crippen LogP contribution is 2.40. The smallest absolute Gasteiger partial charge is 0.220 e. The maximum Gasteiger partial charge on any atom is 0.220 e. The molecule has 0 fully saturated rings. The van der Waals surface area contributed by atoms with E-state index in [2.05, 4.69) is 43.4 Å². The van der Waals surface area contributed by atoms with Crippen LogP contribution in [0.2, 0.25) is 0 Å². The van der Waals surface area contributed by atoms with Crippen molar-refractivity contribution < 1.29 is 4.79 Å². The van der Waals surface area contributed by atoms with E-state index in [4.69, 9.17) is 0 Å². The molecule has 0 heterocycles. The van der Waals surface area contributed by atoms with Crippen molar-refractivity contribution in [1.29, 1.82) is 0 Å². The van der Waals surface area contributed by atoms with Crippen LogP contribution in [0.3, 0.4) is 0 Å². The first-order valence-electron chi connectivity index (χ1n) is 8.10. The lowest BCUT2D eigenvalue weighted by Crippen LogP contribution is -2.29. The molecular formula is C18H27NO. The number of amides is 1. The van der Waals surface area contributed by atoms with Crippen LogP contribution in [0, 0.1) is 5.92 Å². The van der Waals surface area contributed by atoms with Gasteiger partial charge in [0.15, 0.2) is 0 Å². The Morgan fingerprint density at radius 1 is 1.25 bits per heavy atom. The van der Waals surface area contributed by atoms with Crippen LogP contribution < -0.4 is 5.32 Å². The Balaban J connectivity index is 2.02. The van der Waals surface area contributed by atoms with Crippen molar-refractivity contribution in [3.63, 3.8) is 0 Å². The first-order chi connectivity index (χ1) is 9.76. The predicted octanol–water partition coefficient (Wildman–Crippen LogP) is 4.05. The van der Waals surface area contributed by atoms with Gasteiger partial charge in [0.25, 0.3) is 0 Å². The molecule has 2 atom stereocenters. The lowest BCUT2D eigenvalue weighted by Gasteiger charge is -2.21. The van der Waals surface area contributed by atoms with Crippen LogP contribution in [0.25, 0.3) is 0 Å². The van der Waals surface area contributed by atoms with Gasteiger partial charge in [0.1, 0.15) is 0 Å². The van der Waals surface area contributed by atoms with Gasteiger partial charge in [-0.1, -0.05) is 51.0 Å². The number of fused-ring (bicyclic) bond motifs is 1. The number of hydrogen-bond donors (Lipinski definition) is 1. The summed E-state index contributed by atoms with van der Waals surface area (Å²) in [5.74, 6) is 1.42. The molecule has 0 radical (unpaired) electrons. The molecule has 2 nitrogen and oxygen atoms in total. The third-order valence-corrected chi connectivity index (χ3v) is 4.43. The normalized spacial score (nSPS) is 20.7. The standard InChI is InChI=1S/C18H27NO/c1-3-5-9-15-12-14-10-6-7-11-16(14)17(15)13-19-18(20)8-4-2/h6-7,10-11,15,17H,3-5,8-9,12-13H2,1-2H3,(H,19,20). The zero-order valence-corrected chi connectivity index (χ0v) is 12.8. The van der Waals surface area contributed by atoms with Crippen molar-refractivity contribution in [2.45, 2.75) is 58.3 Å². The number of carbonyl (C=O) groups excluding carboxylic acids is 1. The van der Waals surface area contributed by atoms with Crippen molar-refractivity contribution in [3.8, 4) is 0 Å². The second kappa shape index (κ2) is 7.47. The average molecular weight is 273 g/mol. The molecule has 0 saturated carbocycles. The topological polar surface area (TPSA) is 29.1 Å². The molecule has 2 heteroatoms. The van der Waals surface area contributed by atoms with E-state index in [0.717, 1.165) is 13.0 Å². The largest absolute Gasteiger partial charge is 0.355 e. The highest BCUT2D eigenvalue weighted by molar-refractivity contribution is 5.75. The maximum absolute atomic E-state index is 11.7. The van der Waals surface area contributed by atoms with Gasteiger partial charge in [-0.15, -0.1) is 0 Å². The maximum atomic E-state index is 11.7. The number of hydrogen-bond acceptors (Lipinski definition) is 1. The van der Waals surface area contributed by atoms with Gasteiger partial charge in [-0.05, 0) is 36.3 Å². The third-order valence-electron chi connectivity index (χ3n) is 4.43. The minimum absolute atomic E-state index is 0.200. The summed E-state index contributed by atoms with van der Waals surface area (Å²) in [6, 6.07) is 8.76. The van der Waals surface area contributed by atoms with E-state index < -0.39 is 0 Å². The molecule has 1 aromatic rings. The molecule has 20 heavy (non-hydrogen) atoms. The van der Waals surface area contributed by atoms with Crippen LogP contribution in [0.15, 0.2) is 24.3 Å². The van der Waals surface area contributed by atoms with Crippen LogP contribution in [-0.4, -0.2) is 12.5 Å². The molecule has 1 amide bonds. The van der Waals surface area contributed by atoms with Gasteiger partial charge < -0.3 is 5.32 Å². The molecule has 1 N–H and O–H groups in total. The zero-order valence-electron chi connectivity index (χ0n) is 12.8. The number of benzene rings is 1. The molecule has 0 aromatic heterocycles. The van der Waals surface area contributed by atoms with Crippen LogP contribution in [0.1, 0.15) is 63.0 Å². The van der Waals surface area contributed by atoms with E-state index in [-0.39, 0.29) is 5.91 Å².